The highest BCUT2D eigenvalue weighted by Gasteiger charge is 2.27. The van der Waals surface area contributed by atoms with E-state index in [1.807, 2.05) is 27.2 Å². The van der Waals surface area contributed by atoms with Gasteiger partial charge in [0.25, 0.3) is 0 Å². The van der Waals surface area contributed by atoms with Crippen LogP contribution in [0.25, 0.3) is 0 Å². The Morgan fingerprint density at radius 2 is 0.838 bits per heavy atom. The summed E-state index contributed by atoms with van der Waals surface area (Å²) in [6, 6.07) is -0.850. The molecule has 0 saturated heterocycles. The second-order valence-corrected chi connectivity index (χ2v) is 22.5. The lowest BCUT2D eigenvalue weighted by Gasteiger charge is -2.25. The van der Waals surface area contributed by atoms with Gasteiger partial charge in [0.2, 0.25) is 5.91 Å². The van der Waals surface area contributed by atoms with Gasteiger partial charge in [-0.2, -0.15) is 0 Å². The van der Waals surface area contributed by atoms with Crippen LogP contribution in [0, 0.1) is 0 Å². The molecule has 9 heteroatoms. The number of phosphoric ester groups is 1. The predicted molar refractivity (Wildman–Crippen MR) is 295 cm³/mol. The normalized spacial score (nSPS) is 14.3. The Morgan fingerprint density at radius 3 is 1.22 bits per heavy atom. The Morgan fingerprint density at radius 1 is 0.500 bits per heavy atom. The van der Waals surface area contributed by atoms with Gasteiger partial charge in [-0.1, -0.05) is 255 Å². The number of phosphoric acid groups is 1. The Hall–Kier alpha value is -1.54. The van der Waals surface area contributed by atoms with Gasteiger partial charge in [0.05, 0.1) is 39.9 Å². The van der Waals surface area contributed by atoms with Crippen molar-refractivity contribution in [3.05, 3.63) is 48.6 Å². The maximum Gasteiger partial charge on any atom is 0.472 e. The fourth-order valence-electron chi connectivity index (χ4n) is 8.46. The van der Waals surface area contributed by atoms with Crippen molar-refractivity contribution in [3.63, 3.8) is 0 Å². The number of unbranched alkanes of at least 4 members (excludes halogenated alkanes) is 34. The fourth-order valence-corrected chi connectivity index (χ4v) is 9.20. The van der Waals surface area contributed by atoms with Crippen molar-refractivity contribution in [3.8, 4) is 0 Å². The molecule has 0 aliphatic carbocycles. The zero-order valence-electron chi connectivity index (χ0n) is 45.6. The van der Waals surface area contributed by atoms with Gasteiger partial charge in [-0.25, -0.2) is 4.57 Å². The molecule has 0 bridgehead atoms. The van der Waals surface area contributed by atoms with Crippen molar-refractivity contribution in [1.82, 2.24) is 5.32 Å². The highest BCUT2D eigenvalue weighted by molar-refractivity contribution is 7.47. The summed E-state index contributed by atoms with van der Waals surface area (Å²) in [6.45, 7) is 4.83. The average Bonchev–Trinajstić information content (AvgIpc) is 3.30. The number of nitrogens with one attached hydrogen (secondary N) is 1. The Labute approximate surface area is 422 Å². The second-order valence-electron chi connectivity index (χ2n) is 21.0. The summed E-state index contributed by atoms with van der Waals surface area (Å²) in [5.74, 6) is -0.179. The molecule has 0 aliphatic rings. The SMILES string of the molecule is CCCCCCC/C=C\C/C=C\C/C=C\CCCCCCCCCCCCC(=O)NC(COP(=O)(O)OCC[N+](C)(C)C)C(O)/C=C/CCCCCCCCCCCCCCCCCCCCC. The summed E-state index contributed by atoms with van der Waals surface area (Å²) in [7, 11) is 1.57. The molecular weight excluding hydrogens is 864 g/mol. The Bertz CT molecular complexity index is 1250. The standard InChI is InChI=1S/C59H113N2O6P/c1-6-8-10-12-14-16-18-20-22-24-26-28-29-30-31-33-35-37-39-41-43-45-47-49-51-53-59(63)60-57(56-67-68(64,65)66-55-54-61(3,4)5)58(62)52-50-48-46-44-42-40-38-36-34-32-27-25-23-21-19-17-15-13-11-9-7-2/h18,20,24,26,29-30,50,52,57-58,62H,6-17,19,21-23,25,27-28,31-49,51,53-56H2,1-5H3,(H-,60,63,64,65)/p+1/b20-18-,26-24-,30-29-,52-50+. The minimum absolute atomic E-state index is 0.0601. The zero-order chi connectivity index (χ0) is 49.9. The molecule has 0 aliphatic heterocycles. The lowest BCUT2D eigenvalue weighted by Crippen LogP contribution is -2.45. The largest absolute Gasteiger partial charge is 0.472 e. The van der Waals surface area contributed by atoms with Crippen LogP contribution in [-0.4, -0.2) is 73.4 Å². The molecule has 8 nitrogen and oxygen atoms in total. The average molecular weight is 979 g/mol. The minimum atomic E-state index is -4.35. The molecule has 0 aromatic carbocycles. The van der Waals surface area contributed by atoms with Gasteiger partial charge in [0.1, 0.15) is 13.2 Å². The van der Waals surface area contributed by atoms with Crippen LogP contribution >= 0.6 is 7.82 Å². The summed E-state index contributed by atoms with van der Waals surface area (Å²) in [5, 5.41) is 13.9. The molecule has 68 heavy (non-hydrogen) atoms. The molecule has 1 amide bonds. The molecular formula is C59H114N2O6P+. The van der Waals surface area contributed by atoms with Gasteiger partial charge < -0.3 is 19.8 Å². The van der Waals surface area contributed by atoms with Crippen molar-refractivity contribution in [2.45, 2.75) is 283 Å². The van der Waals surface area contributed by atoms with E-state index >= 15 is 0 Å². The van der Waals surface area contributed by atoms with Crippen LogP contribution < -0.4 is 5.32 Å². The van der Waals surface area contributed by atoms with Gasteiger partial charge in [-0.15, -0.1) is 0 Å². The monoisotopic (exact) mass is 978 g/mol. The number of aliphatic hydroxyl groups excluding tert-OH is 1. The van der Waals surface area contributed by atoms with Crippen LogP contribution in [0.4, 0.5) is 0 Å². The zero-order valence-corrected chi connectivity index (χ0v) is 46.5. The van der Waals surface area contributed by atoms with E-state index in [1.54, 1.807) is 6.08 Å². The number of carbonyl (C=O) groups is 1. The van der Waals surface area contributed by atoms with Gasteiger partial charge in [0, 0.05) is 6.42 Å². The number of carbonyl (C=O) groups excluding carboxylic acids is 1. The quantitative estimate of drug-likeness (QED) is 0.0243. The summed E-state index contributed by atoms with van der Waals surface area (Å²) in [6.07, 6.45) is 66.3. The van der Waals surface area contributed by atoms with Crippen molar-refractivity contribution < 1.29 is 32.9 Å². The van der Waals surface area contributed by atoms with Crippen LogP contribution in [0.1, 0.15) is 271 Å². The van der Waals surface area contributed by atoms with Crippen LogP contribution in [0.5, 0.6) is 0 Å². The van der Waals surface area contributed by atoms with E-state index in [1.165, 1.54) is 199 Å². The molecule has 0 radical (unpaired) electrons. The molecule has 3 N–H and O–H groups in total. The Kier molecular flexibility index (Phi) is 49.3. The number of nitrogens with zero attached hydrogens (tertiary/aromatic N) is 1. The van der Waals surface area contributed by atoms with E-state index in [0.717, 1.165) is 51.4 Å². The number of quaternary nitrogens is 1. The third-order valence-corrected chi connectivity index (χ3v) is 14.0. The van der Waals surface area contributed by atoms with E-state index < -0.39 is 20.0 Å². The first kappa shape index (κ1) is 66.5. The molecule has 3 atom stereocenters. The van der Waals surface area contributed by atoms with Gasteiger partial charge in [-0.3, -0.25) is 13.8 Å². The van der Waals surface area contributed by atoms with Crippen LogP contribution in [0.2, 0.25) is 0 Å². The van der Waals surface area contributed by atoms with Crippen LogP contribution in [0.15, 0.2) is 48.6 Å². The molecule has 0 spiro atoms. The molecule has 400 valence electrons. The van der Waals surface area contributed by atoms with Crippen molar-refractivity contribution >= 4 is 13.7 Å². The third kappa shape index (κ3) is 52.3. The highest BCUT2D eigenvalue weighted by atomic mass is 31.2. The lowest BCUT2D eigenvalue weighted by atomic mass is 10.0. The molecule has 3 unspecified atom stereocenters. The third-order valence-electron chi connectivity index (χ3n) is 13.0. The maximum atomic E-state index is 13.0. The molecule has 0 aromatic heterocycles. The number of hydrogen-bond donors (Lipinski definition) is 3. The second kappa shape index (κ2) is 50.4. The molecule has 0 saturated carbocycles. The van der Waals surface area contributed by atoms with Crippen LogP contribution in [-0.2, 0) is 18.4 Å². The molecule has 0 heterocycles. The number of likely N-dealkylation sites (N-methyl/N-ethyl adjacent to an activating group) is 1. The summed E-state index contributed by atoms with van der Waals surface area (Å²) in [4.78, 5) is 23.3. The number of allylic oxidation sites excluding steroid dienone is 7. The molecule has 0 rings (SSSR count). The van der Waals surface area contributed by atoms with Crippen molar-refractivity contribution in [1.29, 1.82) is 0 Å². The lowest BCUT2D eigenvalue weighted by molar-refractivity contribution is -0.870. The maximum absolute atomic E-state index is 13.0. The molecule has 0 aromatic rings. The van der Waals surface area contributed by atoms with Crippen molar-refractivity contribution in [2.75, 3.05) is 40.9 Å². The smallest absolute Gasteiger partial charge is 0.387 e. The van der Waals surface area contributed by atoms with Crippen LogP contribution in [0.3, 0.4) is 0 Å². The van der Waals surface area contributed by atoms with Gasteiger partial charge in [0.15, 0.2) is 0 Å². The predicted octanol–water partition coefficient (Wildman–Crippen LogP) is 17.5. The first-order valence-corrected chi connectivity index (χ1v) is 30.5. The number of amides is 1. The number of hydrogen-bond acceptors (Lipinski definition) is 5. The van der Waals surface area contributed by atoms with Gasteiger partial charge >= 0.3 is 7.82 Å². The minimum Gasteiger partial charge on any atom is -0.387 e. The summed E-state index contributed by atoms with van der Waals surface area (Å²) in [5.41, 5.74) is 0. The summed E-state index contributed by atoms with van der Waals surface area (Å²) < 4.78 is 23.7. The first-order valence-electron chi connectivity index (χ1n) is 29.0. The van der Waals surface area contributed by atoms with Gasteiger partial charge in [-0.05, 0) is 57.8 Å². The highest BCUT2D eigenvalue weighted by Crippen LogP contribution is 2.43. The van der Waals surface area contributed by atoms with E-state index in [9.17, 15) is 19.4 Å². The Balaban J connectivity index is 4.23. The first-order chi connectivity index (χ1) is 33.0. The van der Waals surface area contributed by atoms with E-state index in [4.69, 9.17) is 9.05 Å². The fraction of sp³-hybridized carbons (Fsp3) is 0.847. The summed E-state index contributed by atoms with van der Waals surface area (Å²) >= 11 is 0. The number of aliphatic hydroxyl groups is 1. The van der Waals surface area contributed by atoms with E-state index in [2.05, 4.69) is 55.6 Å². The topological polar surface area (TPSA) is 105 Å². The molecule has 0 fully saturated rings. The number of rotatable bonds is 53. The van der Waals surface area contributed by atoms with Crippen molar-refractivity contribution in [2.24, 2.45) is 0 Å². The van der Waals surface area contributed by atoms with E-state index in [-0.39, 0.29) is 19.1 Å². The van der Waals surface area contributed by atoms with E-state index in [0.29, 0.717) is 17.4 Å².